The number of halogens is 2. The highest BCUT2D eigenvalue weighted by Crippen LogP contribution is 2.36. The summed E-state index contributed by atoms with van der Waals surface area (Å²) in [5.41, 5.74) is 3.63. The molecule has 38 heavy (non-hydrogen) atoms. The van der Waals surface area contributed by atoms with Gasteiger partial charge in [-0.25, -0.2) is 9.97 Å². The van der Waals surface area contributed by atoms with E-state index in [0.29, 0.717) is 50.2 Å². The number of carbonyl (C=O) groups is 1. The fourth-order valence-electron chi connectivity index (χ4n) is 4.36. The average Bonchev–Trinajstić information content (AvgIpc) is 3.70. The van der Waals surface area contributed by atoms with Gasteiger partial charge in [0.05, 0.1) is 26.9 Å². The van der Waals surface area contributed by atoms with Crippen molar-refractivity contribution in [2.24, 2.45) is 0 Å². The van der Waals surface area contributed by atoms with Crippen LogP contribution in [0.2, 0.25) is 10.0 Å². The van der Waals surface area contributed by atoms with Gasteiger partial charge in [0.15, 0.2) is 5.76 Å². The summed E-state index contributed by atoms with van der Waals surface area (Å²) in [7, 11) is 0. The predicted molar refractivity (Wildman–Crippen MR) is 149 cm³/mol. The lowest BCUT2D eigenvalue weighted by molar-refractivity contribution is 0.0717. The molecule has 1 saturated heterocycles. The van der Waals surface area contributed by atoms with Crippen molar-refractivity contribution >= 4 is 51.8 Å². The van der Waals surface area contributed by atoms with Crippen LogP contribution in [0.4, 0.5) is 0 Å². The third-order valence-corrected chi connectivity index (χ3v) is 9.32. The Balaban J connectivity index is 1.11. The zero-order valence-corrected chi connectivity index (χ0v) is 23.2. The van der Waals surface area contributed by atoms with Gasteiger partial charge in [-0.05, 0) is 31.9 Å². The van der Waals surface area contributed by atoms with Crippen LogP contribution in [-0.4, -0.2) is 49.0 Å². The lowest BCUT2D eigenvalue weighted by Crippen LogP contribution is -2.37. The standard InChI is InChI=1S/C26H20Cl2N6O2S2/c1-14-23(38-25(31-14)20-12-29-6-7-30-20)26(35)34-8-4-15(5-9-34)24-32-21(13-37-24)22-11-19(33-36-22)16-2-3-17(27)18(28)10-16/h2-3,6-7,10-13,15H,4-5,8-9H2,1H3. The number of hydrogen-bond acceptors (Lipinski definition) is 9. The molecule has 0 unspecified atom stereocenters. The maximum Gasteiger partial charge on any atom is 0.265 e. The molecule has 1 aromatic carbocycles. The summed E-state index contributed by atoms with van der Waals surface area (Å²) in [5, 5.41) is 8.86. The van der Waals surface area contributed by atoms with Gasteiger partial charge >= 0.3 is 0 Å². The maximum atomic E-state index is 13.3. The minimum absolute atomic E-state index is 0.0184. The molecule has 1 aliphatic rings. The molecule has 0 N–H and O–H groups in total. The van der Waals surface area contributed by atoms with Crippen LogP contribution in [0.25, 0.3) is 33.4 Å². The lowest BCUT2D eigenvalue weighted by atomic mass is 9.97. The third kappa shape index (κ3) is 4.96. The first kappa shape index (κ1) is 25.1. The van der Waals surface area contributed by atoms with Crippen molar-refractivity contribution in [1.82, 2.24) is 30.0 Å². The highest BCUT2D eigenvalue weighted by molar-refractivity contribution is 7.17. The van der Waals surface area contributed by atoms with Crippen LogP contribution in [0.15, 0.2) is 52.8 Å². The first-order chi connectivity index (χ1) is 18.5. The van der Waals surface area contributed by atoms with E-state index in [2.05, 4.69) is 20.1 Å². The minimum Gasteiger partial charge on any atom is -0.354 e. The maximum absolute atomic E-state index is 13.3. The number of benzene rings is 1. The number of carbonyl (C=O) groups excluding carboxylic acids is 1. The second-order valence-electron chi connectivity index (χ2n) is 8.87. The van der Waals surface area contributed by atoms with E-state index < -0.39 is 0 Å². The normalized spacial score (nSPS) is 14.2. The van der Waals surface area contributed by atoms with E-state index in [1.807, 2.05) is 29.3 Å². The molecule has 0 saturated carbocycles. The number of likely N-dealkylation sites (tertiary alicyclic amines) is 1. The summed E-state index contributed by atoms with van der Waals surface area (Å²) in [6, 6.07) is 7.20. The molecular formula is C26H20Cl2N6O2S2. The summed E-state index contributed by atoms with van der Waals surface area (Å²) in [6.07, 6.45) is 6.59. The molecule has 4 aromatic heterocycles. The summed E-state index contributed by atoms with van der Waals surface area (Å²) < 4.78 is 5.57. The molecule has 12 heteroatoms. The second kappa shape index (κ2) is 10.5. The molecule has 192 valence electrons. The number of aryl methyl sites for hydroxylation is 1. The molecule has 1 amide bonds. The van der Waals surface area contributed by atoms with Gasteiger partial charge in [0, 0.05) is 48.4 Å². The monoisotopic (exact) mass is 582 g/mol. The Morgan fingerprint density at radius 1 is 1.05 bits per heavy atom. The van der Waals surface area contributed by atoms with E-state index >= 15 is 0 Å². The first-order valence-electron chi connectivity index (χ1n) is 11.9. The van der Waals surface area contributed by atoms with Crippen LogP contribution < -0.4 is 0 Å². The Labute approximate surface area is 236 Å². The van der Waals surface area contributed by atoms with Crippen LogP contribution in [-0.2, 0) is 0 Å². The number of rotatable bonds is 5. The zero-order valence-electron chi connectivity index (χ0n) is 20.1. The summed E-state index contributed by atoms with van der Waals surface area (Å²) in [5.74, 6) is 0.902. The lowest BCUT2D eigenvalue weighted by Gasteiger charge is -2.30. The minimum atomic E-state index is 0.0184. The van der Waals surface area contributed by atoms with E-state index in [-0.39, 0.29) is 11.8 Å². The van der Waals surface area contributed by atoms with Crippen LogP contribution in [0.1, 0.15) is 39.1 Å². The molecule has 0 aliphatic carbocycles. The van der Waals surface area contributed by atoms with Crippen molar-refractivity contribution in [3.63, 3.8) is 0 Å². The van der Waals surface area contributed by atoms with E-state index in [1.165, 1.54) is 11.3 Å². The number of aromatic nitrogens is 5. The van der Waals surface area contributed by atoms with Crippen LogP contribution in [0.3, 0.4) is 0 Å². The fraction of sp³-hybridized carbons (Fsp3) is 0.231. The highest BCUT2D eigenvalue weighted by Gasteiger charge is 2.29. The molecule has 1 fully saturated rings. The zero-order chi connectivity index (χ0) is 26.2. The molecule has 1 aliphatic heterocycles. The molecule has 5 aromatic rings. The van der Waals surface area contributed by atoms with Crippen molar-refractivity contribution in [2.45, 2.75) is 25.7 Å². The smallest absolute Gasteiger partial charge is 0.265 e. The van der Waals surface area contributed by atoms with Gasteiger partial charge in [-0.1, -0.05) is 34.4 Å². The van der Waals surface area contributed by atoms with Gasteiger partial charge in [-0.15, -0.1) is 22.7 Å². The largest absolute Gasteiger partial charge is 0.354 e. The molecule has 0 bridgehead atoms. The first-order valence-corrected chi connectivity index (χ1v) is 14.3. The van der Waals surface area contributed by atoms with Crippen molar-refractivity contribution in [3.8, 4) is 33.4 Å². The van der Waals surface area contributed by atoms with Gasteiger partial charge in [0.2, 0.25) is 0 Å². The van der Waals surface area contributed by atoms with Crippen molar-refractivity contribution in [1.29, 1.82) is 0 Å². The molecule has 5 heterocycles. The summed E-state index contributed by atoms with van der Waals surface area (Å²) >= 11 is 15.1. The van der Waals surface area contributed by atoms with Crippen LogP contribution in [0.5, 0.6) is 0 Å². The Morgan fingerprint density at radius 3 is 2.66 bits per heavy atom. The molecule has 6 rings (SSSR count). The summed E-state index contributed by atoms with van der Waals surface area (Å²) in [4.78, 5) is 33.6. The molecule has 0 spiro atoms. The topological polar surface area (TPSA) is 97.9 Å². The Hall–Kier alpha value is -3.18. The second-order valence-corrected chi connectivity index (χ2v) is 11.6. The van der Waals surface area contributed by atoms with Crippen molar-refractivity contribution in [2.75, 3.05) is 13.1 Å². The number of amides is 1. The SMILES string of the molecule is Cc1nc(-c2cnccn2)sc1C(=O)N1CCC(c2nc(-c3cc(-c4ccc(Cl)c(Cl)c4)no3)cs2)CC1. The summed E-state index contributed by atoms with van der Waals surface area (Å²) in [6.45, 7) is 3.20. The van der Waals surface area contributed by atoms with Crippen LogP contribution in [0, 0.1) is 6.92 Å². The van der Waals surface area contributed by atoms with Gasteiger partial charge in [-0.2, -0.15) is 0 Å². The van der Waals surface area contributed by atoms with Gasteiger partial charge in [0.1, 0.15) is 27.0 Å². The van der Waals surface area contributed by atoms with E-state index in [1.54, 1.807) is 42.1 Å². The Kier molecular flexibility index (Phi) is 6.96. The molecule has 8 nitrogen and oxygen atoms in total. The number of hydrogen-bond donors (Lipinski definition) is 0. The Bertz CT molecular complexity index is 1610. The van der Waals surface area contributed by atoms with Crippen LogP contribution >= 0.6 is 45.9 Å². The van der Waals surface area contributed by atoms with Gasteiger partial charge < -0.3 is 9.42 Å². The van der Waals surface area contributed by atoms with Crippen molar-refractivity contribution < 1.29 is 9.32 Å². The third-order valence-electron chi connectivity index (χ3n) is 6.40. The van der Waals surface area contributed by atoms with Crippen molar-refractivity contribution in [3.05, 3.63) is 73.9 Å². The van der Waals surface area contributed by atoms with Gasteiger partial charge in [0.25, 0.3) is 5.91 Å². The van der Waals surface area contributed by atoms with E-state index in [9.17, 15) is 4.79 Å². The molecule has 0 atom stereocenters. The highest BCUT2D eigenvalue weighted by atomic mass is 35.5. The van der Waals surface area contributed by atoms with Gasteiger partial charge in [-0.3, -0.25) is 14.8 Å². The number of nitrogens with zero attached hydrogens (tertiary/aromatic N) is 6. The predicted octanol–water partition coefficient (Wildman–Crippen LogP) is 7.01. The average molecular weight is 584 g/mol. The van der Waals surface area contributed by atoms with E-state index in [4.69, 9.17) is 32.7 Å². The fourth-order valence-corrected chi connectivity index (χ4v) is 6.64. The number of piperidine rings is 1. The Morgan fingerprint density at radius 2 is 1.89 bits per heavy atom. The number of thiazole rings is 2. The van der Waals surface area contributed by atoms with E-state index in [0.717, 1.165) is 34.8 Å². The quantitative estimate of drug-likeness (QED) is 0.219. The molecule has 0 radical (unpaired) electrons. The molecular weight excluding hydrogens is 563 g/mol.